The van der Waals surface area contributed by atoms with Gasteiger partial charge in [-0.1, -0.05) is 97.1 Å². The molecule has 1 aromatic heterocycles. The quantitative estimate of drug-likeness (QED) is 0.0836. The Labute approximate surface area is 246 Å². The molecule has 0 saturated carbocycles. The molecule has 43 heavy (non-hydrogen) atoms. The second-order valence-corrected chi connectivity index (χ2v) is 11.0. The number of anilines is 2. The summed E-state index contributed by atoms with van der Waals surface area (Å²) in [6, 6.07) is 32.6. The van der Waals surface area contributed by atoms with Crippen molar-refractivity contribution >= 4 is 49.0 Å². The molecule has 5 aromatic carbocycles. The van der Waals surface area contributed by atoms with E-state index in [1.807, 2.05) is 30.3 Å². The molecule has 0 bridgehead atoms. The van der Waals surface area contributed by atoms with Crippen molar-refractivity contribution in [1.82, 2.24) is 0 Å². The maximum Gasteiger partial charge on any atom is 0.344 e. The number of benzene rings is 5. The number of aromatic hydroxyl groups is 1. The molecule has 1 heterocycles. The summed E-state index contributed by atoms with van der Waals surface area (Å²) in [5.74, 6) is -2.44. The number of Topliss-reactive ketones (excluding diaryl/α,β-unsaturated/α-hetero) is 1. The van der Waals surface area contributed by atoms with E-state index in [2.05, 4.69) is 12.1 Å². The normalized spacial score (nSPS) is 11.9. The van der Waals surface area contributed by atoms with Gasteiger partial charge in [-0.3, -0.25) is 9.35 Å². The molecule has 0 amide bonds. The molecular formula is C33H26N2O7S. The first kappa shape index (κ1) is 29.1. The van der Waals surface area contributed by atoms with Crippen LogP contribution in [0.5, 0.6) is 5.75 Å². The largest absolute Gasteiger partial charge is 0.506 e. The van der Waals surface area contributed by atoms with Gasteiger partial charge in [-0.05, 0) is 29.1 Å². The number of carbonyl (C=O) groups excluding carboxylic acids is 1. The first-order valence-electron chi connectivity index (χ1n) is 13.0. The molecule has 0 saturated heterocycles. The summed E-state index contributed by atoms with van der Waals surface area (Å²) in [6.07, 6.45) is 0. The standard InChI is InChI=1S/C23H17NO7S.C10H9N/c24-20-16(32(28,29)30)12-11-15-18(20)22(26)19(23(27)31-15)17(13-7-3-1-4-8-13)21(25)14-9-5-2-6-10-14;11-10-7-3-5-8-4-1-2-6-9(8)10/h1-12,17,26H,24H2,(H,28,29,30);1-7H,11H2. The van der Waals surface area contributed by atoms with Gasteiger partial charge in [0.2, 0.25) is 0 Å². The van der Waals surface area contributed by atoms with Gasteiger partial charge < -0.3 is 21.0 Å². The van der Waals surface area contributed by atoms with Crippen molar-refractivity contribution in [3.8, 4) is 5.75 Å². The minimum Gasteiger partial charge on any atom is -0.506 e. The molecular weight excluding hydrogens is 568 g/mol. The average Bonchev–Trinajstić information content (AvgIpc) is 3.00. The molecule has 216 valence electrons. The Morgan fingerprint density at radius 1 is 0.767 bits per heavy atom. The van der Waals surface area contributed by atoms with Gasteiger partial charge >= 0.3 is 5.63 Å². The number of hydrogen-bond donors (Lipinski definition) is 4. The van der Waals surface area contributed by atoms with Gasteiger partial charge in [0.25, 0.3) is 10.1 Å². The summed E-state index contributed by atoms with van der Waals surface area (Å²) in [5.41, 5.74) is 11.1. The zero-order chi connectivity index (χ0) is 30.7. The Hall–Kier alpha value is -5.45. The highest BCUT2D eigenvalue weighted by atomic mass is 32.2. The van der Waals surface area contributed by atoms with Crippen LogP contribution >= 0.6 is 0 Å². The van der Waals surface area contributed by atoms with Crippen LogP contribution in [-0.2, 0) is 10.1 Å². The summed E-state index contributed by atoms with van der Waals surface area (Å²) in [7, 11) is -4.72. The van der Waals surface area contributed by atoms with E-state index in [0.29, 0.717) is 11.1 Å². The lowest BCUT2D eigenvalue weighted by atomic mass is 9.84. The molecule has 0 aliphatic heterocycles. The van der Waals surface area contributed by atoms with Crippen molar-refractivity contribution in [1.29, 1.82) is 0 Å². The van der Waals surface area contributed by atoms with E-state index in [9.17, 15) is 27.7 Å². The molecule has 1 unspecified atom stereocenters. The van der Waals surface area contributed by atoms with Gasteiger partial charge in [0.15, 0.2) is 5.78 Å². The first-order valence-corrected chi connectivity index (χ1v) is 14.4. The molecule has 0 spiro atoms. The van der Waals surface area contributed by atoms with E-state index in [1.165, 1.54) is 5.39 Å². The van der Waals surface area contributed by atoms with Crippen LogP contribution in [0.15, 0.2) is 129 Å². The SMILES string of the molecule is Nc1c(S(=O)(=O)O)ccc2oc(=O)c(C(C(=O)c3ccccc3)c3ccccc3)c(O)c12.Nc1cccc2ccccc12. The number of hydrogen-bond acceptors (Lipinski definition) is 8. The molecule has 9 nitrogen and oxygen atoms in total. The number of ketones is 1. The van der Waals surface area contributed by atoms with E-state index >= 15 is 0 Å². The molecule has 0 aliphatic rings. The minimum atomic E-state index is -4.72. The van der Waals surface area contributed by atoms with Gasteiger partial charge in [-0.25, -0.2) is 4.79 Å². The fraction of sp³-hybridized carbons (Fsp3) is 0.0303. The lowest BCUT2D eigenvalue weighted by molar-refractivity contribution is 0.0971. The highest BCUT2D eigenvalue weighted by Crippen LogP contribution is 2.40. The molecule has 10 heteroatoms. The first-order chi connectivity index (χ1) is 20.6. The Bertz CT molecular complexity index is 2120. The van der Waals surface area contributed by atoms with Crippen LogP contribution in [0, 0.1) is 0 Å². The predicted molar refractivity (Wildman–Crippen MR) is 166 cm³/mol. The zero-order valence-electron chi connectivity index (χ0n) is 22.5. The van der Waals surface area contributed by atoms with Crippen LogP contribution < -0.4 is 17.1 Å². The van der Waals surface area contributed by atoms with Gasteiger partial charge in [0.05, 0.1) is 22.6 Å². The summed E-state index contributed by atoms with van der Waals surface area (Å²) in [6.45, 7) is 0. The lowest BCUT2D eigenvalue weighted by Gasteiger charge is -2.18. The highest BCUT2D eigenvalue weighted by Gasteiger charge is 2.32. The molecule has 6 rings (SSSR count). The second-order valence-electron chi connectivity index (χ2n) is 9.62. The van der Waals surface area contributed by atoms with E-state index in [0.717, 1.165) is 23.2 Å². The summed E-state index contributed by atoms with van der Waals surface area (Å²) in [5, 5.41) is 13.1. The number of nitrogen functional groups attached to an aromatic ring is 2. The van der Waals surface area contributed by atoms with Crippen LogP contribution in [0.4, 0.5) is 11.4 Å². The molecule has 1 atom stereocenters. The van der Waals surface area contributed by atoms with Gasteiger partial charge in [-0.2, -0.15) is 8.42 Å². The number of carbonyl (C=O) groups is 1. The monoisotopic (exact) mass is 594 g/mol. The maximum absolute atomic E-state index is 13.4. The molecule has 6 aromatic rings. The molecule has 0 aliphatic carbocycles. The Morgan fingerprint density at radius 2 is 1.37 bits per heavy atom. The Kier molecular flexibility index (Phi) is 7.98. The van der Waals surface area contributed by atoms with E-state index in [4.69, 9.17) is 15.9 Å². The van der Waals surface area contributed by atoms with Crippen molar-refractivity contribution < 1.29 is 27.3 Å². The maximum atomic E-state index is 13.4. The topological polar surface area (TPSA) is 174 Å². The van der Waals surface area contributed by atoms with Gasteiger partial charge in [0, 0.05) is 16.6 Å². The van der Waals surface area contributed by atoms with E-state index in [1.54, 1.807) is 60.7 Å². The minimum absolute atomic E-state index is 0.194. The van der Waals surface area contributed by atoms with Crippen LogP contribution in [0.25, 0.3) is 21.7 Å². The van der Waals surface area contributed by atoms with Crippen LogP contribution in [0.3, 0.4) is 0 Å². The highest BCUT2D eigenvalue weighted by molar-refractivity contribution is 7.86. The third-order valence-corrected chi connectivity index (χ3v) is 7.84. The Morgan fingerprint density at radius 3 is 2.02 bits per heavy atom. The molecule has 0 fully saturated rings. The molecule has 0 radical (unpaired) electrons. The third kappa shape index (κ3) is 5.82. The fourth-order valence-electron chi connectivity index (χ4n) is 4.89. The van der Waals surface area contributed by atoms with Crippen LogP contribution in [-0.4, -0.2) is 23.9 Å². The average molecular weight is 595 g/mol. The lowest BCUT2D eigenvalue weighted by Crippen LogP contribution is -2.22. The smallest absolute Gasteiger partial charge is 0.344 e. The zero-order valence-corrected chi connectivity index (χ0v) is 23.4. The van der Waals surface area contributed by atoms with Gasteiger partial charge in [0.1, 0.15) is 16.2 Å². The van der Waals surface area contributed by atoms with Crippen LogP contribution in [0.1, 0.15) is 27.4 Å². The van der Waals surface area contributed by atoms with Crippen molar-refractivity contribution in [3.63, 3.8) is 0 Å². The Balaban J connectivity index is 0.000000279. The molecule has 6 N–H and O–H groups in total. The summed E-state index contributed by atoms with van der Waals surface area (Å²) >= 11 is 0. The predicted octanol–water partition coefficient (Wildman–Crippen LogP) is 5.76. The summed E-state index contributed by atoms with van der Waals surface area (Å²) < 4.78 is 38.0. The van der Waals surface area contributed by atoms with E-state index in [-0.39, 0.29) is 11.0 Å². The van der Waals surface area contributed by atoms with E-state index < -0.39 is 49.3 Å². The fourth-order valence-corrected chi connectivity index (χ4v) is 5.51. The van der Waals surface area contributed by atoms with Crippen molar-refractivity contribution in [2.45, 2.75) is 10.8 Å². The number of rotatable bonds is 5. The van der Waals surface area contributed by atoms with Crippen molar-refractivity contribution in [3.05, 3.63) is 142 Å². The summed E-state index contributed by atoms with van der Waals surface area (Å²) in [4.78, 5) is 25.7. The van der Waals surface area contributed by atoms with Crippen LogP contribution in [0.2, 0.25) is 0 Å². The number of nitrogens with two attached hydrogens (primary N) is 2. The third-order valence-electron chi connectivity index (χ3n) is 6.93. The second kappa shape index (κ2) is 11.8. The van der Waals surface area contributed by atoms with Crippen molar-refractivity contribution in [2.24, 2.45) is 0 Å². The van der Waals surface area contributed by atoms with Gasteiger partial charge in [-0.15, -0.1) is 0 Å². The van der Waals surface area contributed by atoms with Crippen molar-refractivity contribution in [2.75, 3.05) is 11.5 Å². The number of fused-ring (bicyclic) bond motifs is 2.